The predicted octanol–water partition coefficient (Wildman–Crippen LogP) is 4.75. The van der Waals surface area contributed by atoms with Crippen LogP contribution in [-0.2, 0) is 11.2 Å². The molecule has 1 unspecified atom stereocenters. The van der Waals surface area contributed by atoms with Gasteiger partial charge in [-0.15, -0.1) is 0 Å². The number of halogens is 1. The van der Waals surface area contributed by atoms with Crippen LogP contribution < -0.4 is 0 Å². The van der Waals surface area contributed by atoms with Crippen LogP contribution in [0, 0.1) is 12.8 Å². The fraction of sp³-hybridized carbons (Fsp3) is 0.625. The van der Waals surface area contributed by atoms with E-state index >= 15 is 0 Å². The zero-order valence-electron chi connectivity index (χ0n) is 12.0. The number of methoxy groups -OCH3 is 1. The zero-order chi connectivity index (χ0) is 13.6. The highest BCUT2D eigenvalue weighted by atomic mass is 79.9. The maximum Gasteiger partial charge on any atom is 0.0622 e. The minimum absolute atomic E-state index is 0.00692. The lowest BCUT2D eigenvalue weighted by molar-refractivity contribution is 0.0110. The Morgan fingerprint density at radius 2 is 2.06 bits per heavy atom. The zero-order valence-corrected chi connectivity index (χ0v) is 13.6. The third-order valence-corrected chi connectivity index (χ3v) is 4.45. The molecule has 0 amide bonds. The Bertz CT molecular complexity index is 360. The van der Waals surface area contributed by atoms with Gasteiger partial charge in [-0.05, 0) is 51.5 Å². The Labute approximate surface area is 120 Å². The summed E-state index contributed by atoms with van der Waals surface area (Å²) in [6, 6.07) is 8.82. The summed E-state index contributed by atoms with van der Waals surface area (Å²) in [5.41, 5.74) is 2.78. The third kappa shape index (κ3) is 5.53. The molecule has 1 aromatic rings. The normalized spacial score (nSPS) is 13.6. The summed E-state index contributed by atoms with van der Waals surface area (Å²) >= 11 is 3.64. The second-order valence-electron chi connectivity index (χ2n) is 5.72. The van der Waals surface area contributed by atoms with Crippen molar-refractivity contribution in [3.8, 4) is 0 Å². The number of hydrogen-bond donors (Lipinski definition) is 0. The van der Waals surface area contributed by atoms with Crippen molar-refractivity contribution in [3.63, 3.8) is 0 Å². The van der Waals surface area contributed by atoms with Crippen LogP contribution in [0.1, 0.15) is 37.8 Å². The standard InChI is InChI=1S/C16H25BrO/c1-13-6-5-7-14(10-13)11-15(12-17)8-9-16(2,3)18-4/h5-7,10,15H,8-9,11-12H2,1-4H3. The lowest BCUT2D eigenvalue weighted by Gasteiger charge is -2.25. The highest BCUT2D eigenvalue weighted by Crippen LogP contribution is 2.23. The Balaban J connectivity index is 2.52. The third-order valence-electron chi connectivity index (χ3n) is 3.53. The van der Waals surface area contributed by atoms with E-state index in [1.165, 1.54) is 17.5 Å². The van der Waals surface area contributed by atoms with Crippen molar-refractivity contribution >= 4 is 15.9 Å². The first-order valence-corrected chi connectivity index (χ1v) is 7.75. The molecule has 1 nitrogen and oxygen atoms in total. The minimum Gasteiger partial charge on any atom is -0.379 e. The Kier molecular flexibility index (Phi) is 6.37. The van der Waals surface area contributed by atoms with Crippen molar-refractivity contribution in [2.75, 3.05) is 12.4 Å². The average Bonchev–Trinajstić information content (AvgIpc) is 2.34. The highest BCUT2D eigenvalue weighted by Gasteiger charge is 2.19. The minimum atomic E-state index is -0.00692. The molecule has 0 aliphatic rings. The van der Waals surface area contributed by atoms with Crippen molar-refractivity contribution in [1.29, 1.82) is 0 Å². The van der Waals surface area contributed by atoms with Crippen LogP contribution in [0.4, 0.5) is 0 Å². The van der Waals surface area contributed by atoms with Gasteiger partial charge in [0, 0.05) is 12.4 Å². The maximum atomic E-state index is 5.49. The number of hydrogen-bond acceptors (Lipinski definition) is 1. The summed E-state index contributed by atoms with van der Waals surface area (Å²) in [6.07, 6.45) is 3.44. The van der Waals surface area contributed by atoms with E-state index in [-0.39, 0.29) is 5.60 Å². The first kappa shape index (κ1) is 15.7. The molecule has 0 aromatic heterocycles. The van der Waals surface area contributed by atoms with Gasteiger partial charge in [0.25, 0.3) is 0 Å². The van der Waals surface area contributed by atoms with E-state index in [4.69, 9.17) is 4.74 Å². The maximum absolute atomic E-state index is 5.49. The molecule has 0 saturated carbocycles. The number of ether oxygens (including phenoxy) is 1. The van der Waals surface area contributed by atoms with Crippen molar-refractivity contribution in [2.24, 2.45) is 5.92 Å². The van der Waals surface area contributed by atoms with Gasteiger partial charge in [0.15, 0.2) is 0 Å². The number of aryl methyl sites for hydroxylation is 1. The summed E-state index contributed by atoms with van der Waals surface area (Å²) in [5, 5.41) is 1.06. The van der Waals surface area contributed by atoms with Gasteiger partial charge < -0.3 is 4.74 Å². The van der Waals surface area contributed by atoms with Crippen LogP contribution in [0.15, 0.2) is 24.3 Å². The largest absolute Gasteiger partial charge is 0.379 e. The van der Waals surface area contributed by atoms with Crippen molar-refractivity contribution < 1.29 is 4.74 Å². The second kappa shape index (κ2) is 7.30. The van der Waals surface area contributed by atoms with Crippen LogP contribution in [0.2, 0.25) is 0 Å². The summed E-state index contributed by atoms with van der Waals surface area (Å²) in [4.78, 5) is 0. The number of alkyl halides is 1. The quantitative estimate of drug-likeness (QED) is 0.660. The van der Waals surface area contributed by atoms with Gasteiger partial charge in [0.2, 0.25) is 0 Å². The predicted molar refractivity (Wildman–Crippen MR) is 82.5 cm³/mol. The van der Waals surface area contributed by atoms with Gasteiger partial charge in [0.05, 0.1) is 5.60 Å². The van der Waals surface area contributed by atoms with E-state index in [1.54, 1.807) is 7.11 Å². The molecule has 1 rings (SSSR count). The fourth-order valence-corrected chi connectivity index (χ4v) is 2.61. The molecule has 0 heterocycles. The molecule has 0 aliphatic heterocycles. The van der Waals surface area contributed by atoms with E-state index in [0.717, 1.165) is 18.2 Å². The molecule has 0 fully saturated rings. The molecule has 0 spiro atoms. The van der Waals surface area contributed by atoms with Gasteiger partial charge in [-0.2, -0.15) is 0 Å². The Morgan fingerprint density at radius 3 is 2.61 bits per heavy atom. The molecule has 0 bridgehead atoms. The summed E-state index contributed by atoms with van der Waals surface area (Å²) in [7, 11) is 1.80. The average molecular weight is 313 g/mol. The molecule has 18 heavy (non-hydrogen) atoms. The van der Waals surface area contributed by atoms with Crippen LogP contribution in [0.5, 0.6) is 0 Å². The molecular weight excluding hydrogens is 288 g/mol. The van der Waals surface area contributed by atoms with E-state index in [1.807, 2.05) is 0 Å². The Morgan fingerprint density at radius 1 is 1.33 bits per heavy atom. The molecule has 1 aromatic carbocycles. The summed E-state index contributed by atoms with van der Waals surface area (Å²) in [5.74, 6) is 0.682. The van der Waals surface area contributed by atoms with Gasteiger partial charge in [0.1, 0.15) is 0 Å². The van der Waals surface area contributed by atoms with Gasteiger partial charge in [-0.1, -0.05) is 45.8 Å². The monoisotopic (exact) mass is 312 g/mol. The molecule has 0 aliphatic carbocycles. The Hall–Kier alpha value is -0.340. The molecule has 2 heteroatoms. The van der Waals surface area contributed by atoms with Crippen molar-refractivity contribution in [1.82, 2.24) is 0 Å². The molecule has 1 atom stereocenters. The van der Waals surface area contributed by atoms with Crippen LogP contribution in [-0.4, -0.2) is 18.0 Å². The van der Waals surface area contributed by atoms with E-state index in [9.17, 15) is 0 Å². The van der Waals surface area contributed by atoms with Crippen LogP contribution in [0.25, 0.3) is 0 Å². The summed E-state index contributed by atoms with van der Waals surface area (Å²) < 4.78 is 5.49. The van der Waals surface area contributed by atoms with E-state index in [0.29, 0.717) is 5.92 Å². The van der Waals surface area contributed by atoms with Gasteiger partial charge >= 0.3 is 0 Å². The molecular formula is C16H25BrO. The molecule has 0 saturated heterocycles. The van der Waals surface area contributed by atoms with Crippen molar-refractivity contribution in [3.05, 3.63) is 35.4 Å². The van der Waals surface area contributed by atoms with Crippen molar-refractivity contribution in [2.45, 2.75) is 45.6 Å². The fourth-order valence-electron chi connectivity index (χ4n) is 2.06. The van der Waals surface area contributed by atoms with Gasteiger partial charge in [-0.25, -0.2) is 0 Å². The highest BCUT2D eigenvalue weighted by molar-refractivity contribution is 9.09. The second-order valence-corrected chi connectivity index (χ2v) is 6.36. The molecule has 0 N–H and O–H groups in total. The smallest absolute Gasteiger partial charge is 0.0622 e. The van der Waals surface area contributed by atoms with Crippen LogP contribution >= 0.6 is 15.9 Å². The van der Waals surface area contributed by atoms with Gasteiger partial charge in [-0.3, -0.25) is 0 Å². The number of benzene rings is 1. The van der Waals surface area contributed by atoms with E-state index < -0.39 is 0 Å². The van der Waals surface area contributed by atoms with E-state index in [2.05, 4.69) is 61.0 Å². The summed E-state index contributed by atoms with van der Waals surface area (Å²) in [6.45, 7) is 6.47. The number of rotatable bonds is 7. The topological polar surface area (TPSA) is 9.23 Å². The lowest BCUT2D eigenvalue weighted by atomic mass is 9.91. The SMILES string of the molecule is COC(C)(C)CCC(CBr)Cc1cccc(C)c1. The first-order chi connectivity index (χ1) is 8.46. The molecule has 102 valence electrons. The lowest BCUT2D eigenvalue weighted by Crippen LogP contribution is -2.24. The van der Waals surface area contributed by atoms with Crippen LogP contribution in [0.3, 0.4) is 0 Å². The molecule has 0 radical (unpaired) electrons. The first-order valence-electron chi connectivity index (χ1n) is 6.63.